The topological polar surface area (TPSA) is 61.9 Å². The Labute approximate surface area is 180 Å². The smallest absolute Gasteiger partial charge is 0.240 e. The van der Waals surface area contributed by atoms with Gasteiger partial charge in [-0.25, -0.2) is 13.1 Å². The molecular weight excluding hydrogens is 398 g/mol. The molecule has 2 aromatic carbocycles. The van der Waals surface area contributed by atoms with Gasteiger partial charge in [0.15, 0.2) is 0 Å². The summed E-state index contributed by atoms with van der Waals surface area (Å²) in [5.41, 5.74) is 2.36. The molecule has 0 amide bonds. The number of methoxy groups -OCH3 is 1. The highest BCUT2D eigenvalue weighted by molar-refractivity contribution is 7.89. The summed E-state index contributed by atoms with van der Waals surface area (Å²) < 4.78 is 32.9. The third-order valence-corrected chi connectivity index (χ3v) is 7.09. The molecule has 7 heteroatoms. The second kappa shape index (κ2) is 10.3. The molecular formula is C23H33N3O3S. The third-order valence-electron chi connectivity index (χ3n) is 5.61. The predicted octanol–water partition coefficient (Wildman–Crippen LogP) is 3.31. The molecule has 0 bridgehead atoms. The van der Waals surface area contributed by atoms with Crippen molar-refractivity contribution in [1.29, 1.82) is 0 Å². The van der Waals surface area contributed by atoms with E-state index in [4.69, 9.17) is 4.74 Å². The average molecular weight is 432 g/mol. The predicted molar refractivity (Wildman–Crippen MR) is 122 cm³/mol. The minimum Gasteiger partial charge on any atom is -0.497 e. The molecule has 1 aliphatic heterocycles. The summed E-state index contributed by atoms with van der Waals surface area (Å²) >= 11 is 0. The zero-order valence-electron chi connectivity index (χ0n) is 18.2. The van der Waals surface area contributed by atoms with Crippen molar-refractivity contribution in [3.05, 3.63) is 54.1 Å². The second-order valence-electron chi connectivity index (χ2n) is 8.00. The van der Waals surface area contributed by atoms with Gasteiger partial charge < -0.3 is 9.64 Å². The van der Waals surface area contributed by atoms with Crippen molar-refractivity contribution in [3.8, 4) is 5.75 Å². The van der Waals surface area contributed by atoms with Crippen LogP contribution in [0.2, 0.25) is 0 Å². The van der Waals surface area contributed by atoms with Crippen LogP contribution in [0.4, 0.5) is 5.69 Å². The van der Waals surface area contributed by atoms with Gasteiger partial charge in [-0.3, -0.25) is 4.90 Å². The lowest BCUT2D eigenvalue weighted by atomic mass is 10.0. The van der Waals surface area contributed by atoms with Crippen LogP contribution in [0.1, 0.15) is 31.7 Å². The van der Waals surface area contributed by atoms with Gasteiger partial charge in [-0.05, 0) is 60.8 Å². The van der Waals surface area contributed by atoms with E-state index in [1.165, 1.54) is 5.69 Å². The molecule has 1 saturated heterocycles. The van der Waals surface area contributed by atoms with Crippen LogP contribution in [-0.4, -0.2) is 59.7 Å². The van der Waals surface area contributed by atoms with E-state index in [-0.39, 0.29) is 0 Å². The van der Waals surface area contributed by atoms with Crippen molar-refractivity contribution < 1.29 is 13.2 Å². The van der Waals surface area contributed by atoms with Crippen molar-refractivity contribution in [3.63, 3.8) is 0 Å². The summed E-state index contributed by atoms with van der Waals surface area (Å²) in [5, 5.41) is 0. The molecule has 1 fully saturated rings. The molecule has 1 heterocycles. The zero-order valence-corrected chi connectivity index (χ0v) is 19.0. The average Bonchev–Trinajstić information content (AvgIpc) is 2.77. The highest BCUT2D eigenvalue weighted by Crippen LogP contribution is 2.20. The Kier molecular flexibility index (Phi) is 7.75. The first-order valence-corrected chi connectivity index (χ1v) is 12.1. The third kappa shape index (κ3) is 5.97. The molecule has 0 aliphatic carbocycles. The van der Waals surface area contributed by atoms with Crippen LogP contribution in [0.15, 0.2) is 53.4 Å². The fourth-order valence-corrected chi connectivity index (χ4v) is 4.72. The van der Waals surface area contributed by atoms with Crippen LogP contribution >= 0.6 is 0 Å². The van der Waals surface area contributed by atoms with Crippen LogP contribution in [0, 0.1) is 0 Å². The van der Waals surface area contributed by atoms with Crippen LogP contribution in [0.5, 0.6) is 5.75 Å². The van der Waals surface area contributed by atoms with Crippen molar-refractivity contribution >= 4 is 15.7 Å². The van der Waals surface area contributed by atoms with Crippen molar-refractivity contribution in [2.75, 3.05) is 51.3 Å². The number of sulfonamides is 1. The molecule has 6 nitrogen and oxygen atoms in total. The number of ether oxygens (including phenoxy) is 1. The Bertz CT molecular complexity index is 888. The summed E-state index contributed by atoms with van der Waals surface area (Å²) in [6.07, 6.45) is 0.797. The van der Waals surface area contributed by atoms with Gasteiger partial charge in [0.05, 0.1) is 12.0 Å². The van der Waals surface area contributed by atoms with Gasteiger partial charge in [-0.1, -0.05) is 26.0 Å². The summed E-state index contributed by atoms with van der Waals surface area (Å²) in [6.45, 7) is 9.45. The molecule has 0 saturated carbocycles. The van der Waals surface area contributed by atoms with Crippen molar-refractivity contribution in [2.45, 2.75) is 31.1 Å². The van der Waals surface area contributed by atoms with E-state index in [0.717, 1.165) is 50.5 Å². The Hall–Kier alpha value is -2.09. The fraction of sp³-hybridized carbons (Fsp3) is 0.478. The summed E-state index contributed by atoms with van der Waals surface area (Å²) in [6, 6.07) is 15.3. The normalized spacial score (nSPS) is 15.5. The highest BCUT2D eigenvalue weighted by atomic mass is 32.2. The van der Waals surface area contributed by atoms with Crippen LogP contribution in [0.25, 0.3) is 0 Å². The molecule has 0 radical (unpaired) electrons. The minimum absolute atomic E-state index is 0.333. The van der Waals surface area contributed by atoms with Gasteiger partial charge in [0.1, 0.15) is 5.75 Å². The van der Waals surface area contributed by atoms with E-state index in [1.807, 2.05) is 24.3 Å². The van der Waals surface area contributed by atoms with E-state index >= 15 is 0 Å². The number of hydrogen-bond acceptors (Lipinski definition) is 5. The molecule has 2 aromatic rings. The van der Waals surface area contributed by atoms with Gasteiger partial charge in [0.2, 0.25) is 10.0 Å². The van der Waals surface area contributed by atoms with Crippen molar-refractivity contribution in [2.24, 2.45) is 0 Å². The summed E-state index contributed by atoms with van der Waals surface area (Å²) in [7, 11) is -1.77. The van der Waals surface area contributed by atoms with Crippen molar-refractivity contribution in [1.82, 2.24) is 9.62 Å². The number of benzene rings is 2. The fourth-order valence-electron chi connectivity index (χ4n) is 3.65. The van der Waals surface area contributed by atoms with E-state index in [1.54, 1.807) is 19.2 Å². The van der Waals surface area contributed by atoms with Gasteiger partial charge in [0.25, 0.3) is 0 Å². The van der Waals surface area contributed by atoms with Crippen LogP contribution in [-0.2, 0) is 10.0 Å². The number of anilines is 1. The van der Waals surface area contributed by atoms with E-state index in [9.17, 15) is 8.42 Å². The highest BCUT2D eigenvalue weighted by Gasteiger charge is 2.18. The Balaban J connectivity index is 1.39. The maximum Gasteiger partial charge on any atom is 0.240 e. The lowest BCUT2D eigenvalue weighted by molar-refractivity contribution is 0.255. The number of hydrogen-bond donors (Lipinski definition) is 1. The Morgan fingerprint density at radius 2 is 1.60 bits per heavy atom. The standard InChI is InChI=1S/C23H33N3O3S/c1-19(2)20-5-11-23(12-6-20)30(27,28)24-13-4-14-25-15-17-26(18-16-25)21-7-9-22(29-3)10-8-21/h5-12,19,24H,4,13-18H2,1-3H3. The van der Waals surface area contributed by atoms with Gasteiger partial charge >= 0.3 is 0 Å². The first-order chi connectivity index (χ1) is 14.4. The molecule has 164 valence electrons. The summed E-state index contributed by atoms with van der Waals surface area (Å²) in [5.74, 6) is 1.26. The number of piperazine rings is 1. The molecule has 1 aliphatic rings. The molecule has 0 aromatic heterocycles. The van der Waals surface area contributed by atoms with Crippen LogP contribution < -0.4 is 14.4 Å². The van der Waals surface area contributed by atoms with Gasteiger partial charge in [-0.2, -0.15) is 0 Å². The van der Waals surface area contributed by atoms with E-state index in [2.05, 4.69) is 40.5 Å². The lowest BCUT2D eigenvalue weighted by Gasteiger charge is -2.36. The summed E-state index contributed by atoms with van der Waals surface area (Å²) in [4.78, 5) is 5.10. The lowest BCUT2D eigenvalue weighted by Crippen LogP contribution is -2.47. The monoisotopic (exact) mass is 431 g/mol. The first-order valence-electron chi connectivity index (χ1n) is 10.6. The molecule has 3 rings (SSSR count). The number of nitrogens with zero attached hydrogens (tertiary/aromatic N) is 2. The van der Waals surface area contributed by atoms with Gasteiger partial charge in [0, 0.05) is 38.4 Å². The molecule has 1 N–H and O–H groups in total. The molecule has 0 spiro atoms. The maximum atomic E-state index is 12.5. The quantitative estimate of drug-likeness (QED) is 0.617. The molecule has 0 unspecified atom stereocenters. The Morgan fingerprint density at radius 3 is 2.17 bits per heavy atom. The van der Waals surface area contributed by atoms with E-state index in [0.29, 0.717) is 17.4 Å². The maximum absolute atomic E-state index is 12.5. The second-order valence-corrected chi connectivity index (χ2v) is 9.77. The SMILES string of the molecule is COc1ccc(N2CCN(CCCNS(=O)(=O)c3ccc(C(C)C)cc3)CC2)cc1. The minimum atomic E-state index is -3.44. The van der Waals surface area contributed by atoms with Crippen LogP contribution in [0.3, 0.4) is 0 Å². The number of rotatable bonds is 9. The Morgan fingerprint density at radius 1 is 0.967 bits per heavy atom. The zero-order chi connectivity index (χ0) is 21.6. The van der Waals surface area contributed by atoms with Gasteiger partial charge in [-0.15, -0.1) is 0 Å². The molecule has 30 heavy (non-hydrogen) atoms. The number of nitrogens with one attached hydrogen (secondary N) is 1. The van der Waals surface area contributed by atoms with E-state index < -0.39 is 10.0 Å². The molecule has 0 atom stereocenters. The largest absolute Gasteiger partial charge is 0.497 e. The first kappa shape index (κ1) is 22.6.